The molecule has 3 N–H and O–H groups in total. The summed E-state index contributed by atoms with van der Waals surface area (Å²) in [5.74, 6) is -0.331. The minimum atomic E-state index is -1.05. The zero-order valence-electron chi connectivity index (χ0n) is 10.7. The van der Waals surface area contributed by atoms with Crippen molar-refractivity contribution in [3.63, 3.8) is 0 Å². The van der Waals surface area contributed by atoms with Crippen molar-refractivity contribution in [1.29, 1.82) is 0 Å². The normalized spacial score (nSPS) is 10.5. The van der Waals surface area contributed by atoms with Crippen molar-refractivity contribution in [2.24, 2.45) is 16.2 Å². The van der Waals surface area contributed by atoms with Crippen molar-refractivity contribution < 1.29 is 14.6 Å². The number of amides is 3. The van der Waals surface area contributed by atoms with Gasteiger partial charge < -0.3 is 21.2 Å². The highest BCUT2D eigenvalue weighted by Gasteiger charge is 2.15. The Kier molecular flexibility index (Phi) is 6.67. The van der Waals surface area contributed by atoms with Gasteiger partial charge in [-0.2, -0.15) is 0 Å². The summed E-state index contributed by atoms with van der Waals surface area (Å²) in [6, 6.07) is -0.965. The Balaban J connectivity index is 2.26. The van der Waals surface area contributed by atoms with Gasteiger partial charge in [-0.3, -0.25) is 4.79 Å². The lowest BCUT2D eigenvalue weighted by Crippen LogP contribution is -2.32. The Hall–Kier alpha value is -2.63. The first-order valence-corrected chi connectivity index (χ1v) is 6.53. The number of nitrogens with two attached hydrogens (primary N) is 1. The van der Waals surface area contributed by atoms with Gasteiger partial charge in [-0.1, -0.05) is 5.01 Å². The molecule has 0 saturated heterocycles. The van der Waals surface area contributed by atoms with Crippen molar-refractivity contribution >= 4 is 28.4 Å². The van der Waals surface area contributed by atoms with Crippen LogP contribution in [0.1, 0.15) is 12.8 Å². The van der Waals surface area contributed by atoms with Crippen LogP contribution in [0.25, 0.3) is 0 Å². The zero-order chi connectivity index (χ0) is 15.7. The lowest BCUT2D eigenvalue weighted by Gasteiger charge is -2.06. The molecule has 113 valence electrons. The highest BCUT2D eigenvalue weighted by molar-refractivity contribution is 7.13. The molecule has 3 amide bonds. The van der Waals surface area contributed by atoms with Crippen LogP contribution in [-0.4, -0.2) is 33.5 Å². The molecule has 0 spiro atoms. The van der Waals surface area contributed by atoms with Crippen molar-refractivity contribution in [3.8, 4) is 0 Å². The number of aromatic nitrogens is 1. The minimum Gasteiger partial charge on any atom is -0.349 e. The van der Waals surface area contributed by atoms with Gasteiger partial charge in [-0.25, -0.2) is 9.78 Å². The number of nitro groups is 1. The molecule has 1 rings (SSSR count). The first-order chi connectivity index (χ1) is 9.99. The zero-order valence-corrected chi connectivity index (χ0v) is 11.5. The molecule has 0 saturated carbocycles. The Morgan fingerprint density at radius 3 is 2.95 bits per heavy atom. The van der Waals surface area contributed by atoms with E-state index in [1.54, 1.807) is 11.6 Å². The predicted octanol–water partition coefficient (Wildman–Crippen LogP) is 1.01. The molecule has 0 bridgehead atoms. The molecule has 0 aliphatic heterocycles. The first kappa shape index (κ1) is 16.4. The molecule has 1 aromatic rings. The summed E-state index contributed by atoms with van der Waals surface area (Å²) in [5.41, 5.74) is 4.97. The average Bonchev–Trinajstić information content (AvgIpc) is 2.89. The first-order valence-electron chi connectivity index (χ1n) is 5.65. The monoisotopic (exact) mass is 314 g/mol. The van der Waals surface area contributed by atoms with Crippen LogP contribution >= 0.6 is 11.3 Å². The molecule has 0 aromatic carbocycles. The molecule has 12 heteroatoms. The SMILES string of the molecule is NC(=O)N(CCC[CH]C(=O)Nc1nccs1)N=N[N+](=O)[O-]. The predicted molar refractivity (Wildman–Crippen MR) is 72.4 cm³/mol. The second-order valence-corrected chi connectivity index (χ2v) is 4.45. The smallest absolute Gasteiger partial charge is 0.349 e. The highest BCUT2D eigenvalue weighted by Crippen LogP contribution is 2.11. The molecule has 0 unspecified atom stereocenters. The van der Waals surface area contributed by atoms with Crippen LogP contribution in [0.15, 0.2) is 22.0 Å². The summed E-state index contributed by atoms with van der Waals surface area (Å²) in [6.07, 6.45) is 3.59. The summed E-state index contributed by atoms with van der Waals surface area (Å²) in [6.45, 7) is 0.00764. The van der Waals surface area contributed by atoms with Crippen LogP contribution in [-0.2, 0) is 4.79 Å². The van der Waals surface area contributed by atoms with E-state index in [1.165, 1.54) is 17.8 Å². The summed E-state index contributed by atoms with van der Waals surface area (Å²) < 4.78 is 0. The van der Waals surface area contributed by atoms with Gasteiger partial charge in [0.25, 0.3) is 0 Å². The molecule has 0 aliphatic carbocycles. The molecule has 21 heavy (non-hydrogen) atoms. The number of nitrogens with one attached hydrogen (secondary N) is 1. The van der Waals surface area contributed by atoms with Crippen LogP contribution in [0.3, 0.4) is 0 Å². The molecule has 1 heterocycles. The summed E-state index contributed by atoms with van der Waals surface area (Å²) in [5, 5.41) is 20.0. The van der Waals surface area contributed by atoms with Crippen molar-refractivity contribution in [3.05, 3.63) is 28.1 Å². The van der Waals surface area contributed by atoms with E-state index in [0.29, 0.717) is 23.0 Å². The largest absolute Gasteiger partial charge is 0.355 e. The van der Waals surface area contributed by atoms with Crippen molar-refractivity contribution in [2.75, 3.05) is 11.9 Å². The molecular formula is C9H12N7O4S. The Morgan fingerprint density at radius 2 is 2.38 bits per heavy atom. The maximum absolute atomic E-state index is 11.5. The Labute approximate surface area is 122 Å². The molecule has 1 aromatic heterocycles. The van der Waals surface area contributed by atoms with Crippen LogP contribution in [0.2, 0.25) is 0 Å². The van der Waals surface area contributed by atoms with E-state index >= 15 is 0 Å². The van der Waals surface area contributed by atoms with E-state index in [9.17, 15) is 19.7 Å². The Bertz CT molecular complexity index is 518. The molecule has 0 aliphatic rings. The van der Waals surface area contributed by atoms with Crippen LogP contribution in [0, 0.1) is 16.5 Å². The van der Waals surface area contributed by atoms with E-state index in [1.807, 2.05) is 0 Å². The summed E-state index contributed by atoms with van der Waals surface area (Å²) in [4.78, 5) is 36.3. The van der Waals surface area contributed by atoms with Gasteiger partial charge in [0.05, 0.1) is 18.0 Å². The maximum Gasteiger partial charge on any atom is 0.355 e. The van der Waals surface area contributed by atoms with Gasteiger partial charge in [0.2, 0.25) is 11.1 Å². The van der Waals surface area contributed by atoms with Crippen molar-refractivity contribution in [2.45, 2.75) is 12.8 Å². The number of primary amides is 1. The topological polar surface area (TPSA) is 156 Å². The molecule has 11 nitrogen and oxygen atoms in total. The van der Waals surface area contributed by atoms with E-state index in [0.717, 1.165) is 0 Å². The fraction of sp³-hybridized carbons (Fsp3) is 0.333. The quantitative estimate of drug-likeness (QED) is 0.317. The number of hydrogen-bond donors (Lipinski definition) is 2. The maximum atomic E-state index is 11.5. The number of thiazole rings is 1. The van der Waals surface area contributed by atoms with Crippen LogP contribution in [0.4, 0.5) is 9.93 Å². The standard InChI is InChI=1S/C9H12N7O4S/c10-8(18)15(13-14-16(19)20)5-2-1-3-7(17)12-9-11-4-6-21-9/h3-4,6H,1-2,5H2,(H2,10,18)(H,11,12,17). The number of hydrogen-bond acceptors (Lipinski definition) is 7. The van der Waals surface area contributed by atoms with Crippen LogP contribution in [0.5, 0.6) is 0 Å². The molecule has 1 radical (unpaired) electrons. The number of carbonyl (C=O) groups is 2. The molecule has 0 atom stereocenters. The van der Waals surface area contributed by atoms with Crippen LogP contribution < -0.4 is 11.1 Å². The lowest BCUT2D eigenvalue weighted by molar-refractivity contribution is -0.496. The molecule has 0 fully saturated rings. The third-order valence-corrected chi connectivity index (χ3v) is 2.73. The van der Waals surface area contributed by atoms with Gasteiger partial charge in [-0.15, -0.1) is 11.3 Å². The second kappa shape index (κ2) is 8.52. The summed E-state index contributed by atoms with van der Waals surface area (Å²) in [7, 11) is 0. The van der Waals surface area contributed by atoms with Gasteiger partial charge >= 0.3 is 6.03 Å². The third-order valence-electron chi connectivity index (χ3n) is 2.04. The minimum absolute atomic E-state index is 0.00764. The van der Waals surface area contributed by atoms with E-state index in [2.05, 4.69) is 20.7 Å². The second-order valence-electron chi connectivity index (χ2n) is 3.55. The number of rotatable bonds is 8. The fourth-order valence-corrected chi connectivity index (χ4v) is 1.73. The van der Waals surface area contributed by atoms with Crippen molar-refractivity contribution in [1.82, 2.24) is 9.99 Å². The lowest BCUT2D eigenvalue weighted by atomic mass is 10.2. The number of anilines is 1. The Morgan fingerprint density at radius 1 is 1.62 bits per heavy atom. The fourth-order valence-electron chi connectivity index (χ4n) is 1.20. The van der Waals surface area contributed by atoms with E-state index in [4.69, 9.17) is 5.73 Å². The molecular weight excluding hydrogens is 302 g/mol. The third kappa shape index (κ3) is 6.91. The number of carbonyl (C=O) groups excluding carboxylic acids is 2. The van der Waals surface area contributed by atoms with E-state index < -0.39 is 11.1 Å². The van der Waals surface area contributed by atoms with Gasteiger partial charge in [0.15, 0.2) is 10.4 Å². The van der Waals surface area contributed by atoms with Gasteiger partial charge in [0, 0.05) is 11.6 Å². The number of nitrogens with zero attached hydrogens (tertiary/aromatic N) is 5. The number of urea groups is 1. The average molecular weight is 314 g/mol. The summed E-state index contributed by atoms with van der Waals surface area (Å²) >= 11 is 1.28. The van der Waals surface area contributed by atoms with Gasteiger partial charge in [0.1, 0.15) is 0 Å². The number of unbranched alkanes of at least 4 members (excludes halogenated alkanes) is 1. The highest BCUT2D eigenvalue weighted by atomic mass is 32.1. The van der Waals surface area contributed by atoms with Gasteiger partial charge in [-0.05, 0) is 12.8 Å². The van der Waals surface area contributed by atoms with E-state index in [-0.39, 0.29) is 12.5 Å².